The lowest BCUT2D eigenvalue weighted by atomic mass is 10.0. The number of thiophene rings is 1. The highest BCUT2D eigenvalue weighted by atomic mass is 79.9. The maximum atomic E-state index is 12.7. The van der Waals surface area contributed by atoms with Gasteiger partial charge in [0.25, 0.3) is 0 Å². The number of aromatic nitrogens is 1. The van der Waals surface area contributed by atoms with Gasteiger partial charge < -0.3 is 15.5 Å². The summed E-state index contributed by atoms with van der Waals surface area (Å²) in [7, 11) is 0. The number of amides is 1. The highest BCUT2D eigenvalue weighted by Crippen LogP contribution is 2.41. The van der Waals surface area contributed by atoms with Crippen LogP contribution in [0.15, 0.2) is 70.6 Å². The Hall–Kier alpha value is -2.29. The predicted octanol–water partition coefficient (Wildman–Crippen LogP) is 4.52. The highest BCUT2D eigenvalue weighted by molar-refractivity contribution is 9.10. The quantitative estimate of drug-likeness (QED) is 0.534. The molecule has 4 rings (SSSR count). The smallest absolute Gasteiger partial charge is 0.244 e. The Kier molecular flexibility index (Phi) is 5.70. The summed E-state index contributed by atoms with van der Waals surface area (Å²) in [5.74, 6) is -0.113. The minimum absolute atomic E-state index is 0.111. The van der Waals surface area contributed by atoms with Crippen LogP contribution in [-0.2, 0) is 4.79 Å². The number of rotatable bonds is 5. The molecule has 1 fully saturated rings. The van der Waals surface area contributed by atoms with Crippen LogP contribution in [0.1, 0.15) is 22.7 Å². The molecule has 2 atom stereocenters. The molecule has 1 aliphatic rings. The Labute approximate surface area is 180 Å². The number of pyridine rings is 1. The van der Waals surface area contributed by atoms with Gasteiger partial charge in [-0.25, -0.2) is 0 Å². The van der Waals surface area contributed by atoms with E-state index in [0.29, 0.717) is 5.11 Å². The molecule has 0 unspecified atom stereocenters. The van der Waals surface area contributed by atoms with Gasteiger partial charge in [0.15, 0.2) is 5.11 Å². The molecule has 3 aromatic rings. The van der Waals surface area contributed by atoms with Crippen LogP contribution in [0.3, 0.4) is 0 Å². The largest absolute Gasteiger partial charge is 0.352 e. The number of halogens is 1. The Morgan fingerprint density at radius 1 is 1.25 bits per heavy atom. The second-order valence-electron chi connectivity index (χ2n) is 6.34. The van der Waals surface area contributed by atoms with Crippen LogP contribution in [0, 0.1) is 0 Å². The first-order valence-corrected chi connectivity index (χ1v) is 10.8. The number of carbonyl (C=O) groups is 1. The molecule has 0 bridgehead atoms. The first-order chi connectivity index (χ1) is 13.6. The Morgan fingerprint density at radius 2 is 2.04 bits per heavy atom. The number of benzene rings is 1. The van der Waals surface area contributed by atoms with E-state index in [4.69, 9.17) is 12.2 Å². The number of carbonyl (C=O) groups excluding carboxylic acids is 1. The van der Waals surface area contributed by atoms with Crippen molar-refractivity contribution in [2.45, 2.75) is 12.1 Å². The summed E-state index contributed by atoms with van der Waals surface area (Å²) < 4.78 is 1.01. The Balaban J connectivity index is 1.61. The molecule has 142 valence electrons. The average molecular weight is 473 g/mol. The molecule has 1 aliphatic heterocycles. The van der Waals surface area contributed by atoms with Gasteiger partial charge in [0.05, 0.1) is 17.8 Å². The van der Waals surface area contributed by atoms with Crippen molar-refractivity contribution in [2.24, 2.45) is 0 Å². The zero-order chi connectivity index (χ0) is 19.5. The molecule has 1 amide bonds. The van der Waals surface area contributed by atoms with Gasteiger partial charge in [0, 0.05) is 26.6 Å². The number of nitrogens with one attached hydrogen (secondary N) is 2. The van der Waals surface area contributed by atoms with Crippen molar-refractivity contribution in [3.8, 4) is 0 Å². The normalized spacial score (nSPS) is 18.8. The summed E-state index contributed by atoms with van der Waals surface area (Å²) in [5, 5.41) is 8.87. The third-order valence-corrected chi connectivity index (χ3v) is 6.57. The van der Waals surface area contributed by atoms with E-state index in [1.54, 1.807) is 17.5 Å². The first kappa shape index (κ1) is 19.0. The number of nitrogens with zero attached hydrogens (tertiary/aromatic N) is 2. The van der Waals surface area contributed by atoms with Crippen molar-refractivity contribution in [3.05, 3.63) is 81.2 Å². The van der Waals surface area contributed by atoms with Crippen LogP contribution in [0.5, 0.6) is 0 Å². The van der Waals surface area contributed by atoms with Crippen LogP contribution >= 0.6 is 39.5 Å². The van der Waals surface area contributed by atoms with Gasteiger partial charge in [-0.1, -0.05) is 24.3 Å². The van der Waals surface area contributed by atoms with E-state index < -0.39 is 0 Å². The van der Waals surface area contributed by atoms with E-state index >= 15 is 0 Å². The van der Waals surface area contributed by atoms with E-state index in [9.17, 15) is 4.79 Å². The van der Waals surface area contributed by atoms with Crippen molar-refractivity contribution in [2.75, 3.05) is 11.9 Å². The van der Waals surface area contributed by atoms with E-state index in [-0.39, 0.29) is 24.5 Å². The topological polar surface area (TPSA) is 57.3 Å². The summed E-state index contributed by atoms with van der Waals surface area (Å²) in [4.78, 5) is 20.2. The van der Waals surface area contributed by atoms with Crippen LogP contribution in [0.25, 0.3) is 0 Å². The fourth-order valence-corrected chi connectivity index (χ4v) is 5.14. The highest BCUT2D eigenvalue weighted by Gasteiger charge is 2.41. The maximum absolute atomic E-state index is 12.7. The van der Waals surface area contributed by atoms with Crippen LogP contribution < -0.4 is 10.6 Å². The summed E-state index contributed by atoms with van der Waals surface area (Å²) in [6, 6.07) is 17.1. The van der Waals surface area contributed by atoms with Crippen LogP contribution in [0.4, 0.5) is 5.69 Å². The van der Waals surface area contributed by atoms with E-state index in [0.717, 1.165) is 20.7 Å². The minimum Gasteiger partial charge on any atom is -0.352 e. The molecule has 2 N–H and O–H groups in total. The van der Waals surface area contributed by atoms with E-state index in [1.165, 1.54) is 0 Å². The molecule has 0 spiro atoms. The second kappa shape index (κ2) is 8.38. The van der Waals surface area contributed by atoms with Crippen molar-refractivity contribution < 1.29 is 4.79 Å². The predicted molar refractivity (Wildman–Crippen MR) is 119 cm³/mol. The van der Waals surface area contributed by atoms with Crippen molar-refractivity contribution in [1.82, 2.24) is 15.2 Å². The van der Waals surface area contributed by atoms with Gasteiger partial charge in [0.1, 0.15) is 6.54 Å². The Morgan fingerprint density at radius 3 is 2.71 bits per heavy atom. The van der Waals surface area contributed by atoms with Crippen LogP contribution in [-0.4, -0.2) is 27.4 Å². The molecule has 8 heteroatoms. The number of para-hydroxylation sites is 1. The lowest BCUT2D eigenvalue weighted by molar-refractivity contribution is -0.116. The molecule has 0 saturated carbocycles. The maximum Gasteiger partial charge on any atom is 0.244 e. The summed E-state index contributed by atoms with van der Waals surface area (Å²) >= 11 is 10.7. The number of hydrogen-bond acceptors (Lipinski definition) is 4. The summed E-state index contributed by atoms with van der Waals surface area (Å²) in [6.45, 7) is 0.157. The third-order valence-electron chi connectivity index (χ3n) is 4.45. The SMILES string of the molecule is O=C(CN1C(=S)N[C@H](c2ccccn2)[C@@H]1c1cc(Br)cs1)Nc1ccccc1. The zero-order valence-electron chi connectivity index (χ0n) is 14.7. The third kappa shape index (κ3) is 4.09. The summed E-state index contributed by atoms with van der Waals surface area (Å²) in [6.07, 6.45) is 1.77. The number of thiocarbonyl (C=S) groups is 1. The monoisotopic (exact) mass is 472 g/mol. The van der Waals surface area contributed by atoms with Gasteiger partial charge >= 0.3 is 0 Å². The molecule has 1 aromatic carbocycles. The number of hydrogen-bond donors (Lipinski definition) is 2. The number of anilines is 1. The molecule has 28 heavy (non-hydrogen) atoms. The Bertz CT molecular complexity index is 980. The molecule has 0 aliphatic carbocycles. The molecular weight excluding hydrogens is 456 g/mol. The van der Waals surface area contributed by atoms with Gasteiger partial charge in [0.2, 0.25) is 5.91 Å². The van der Waals surface area contributed by atoms with E-state index in [2.05, 4.69) is 37.6 Å². The molecule has 2 aromatic heterocycles. The molecule has 1 saturated heterocycles. The standard InChI is InChI=1S/C20H17BrN4OS2/c21-13-10-16(28-12-13)19-18(15-8-4-5-9-22-15)24-20(27)25(19)11-17(26)23-14-6-2-1-3-7-14/h1-10,12,18-19H,11H2,(H,23,26)(H,24,27)/t18-,19+/m1/s1. The lowest BCUT2D eigenvalue weighted by Crippen LogP contribution is -2.36. The van der Waals surface area contributed by atoms with Crippen molar-refractivity contribution in [1.29, 1.82) is 0 Å². The van der Waals surface area contributed by atoms with Gasteiger partial charge in [-0.05, 0) is 58.5 Å². The molecular formula is C20H17BrN4OS2. The van der Waals surface area contributed by atoms with Crippen molar-refractivity contribution >= 4 is 56.2 Å². The van der Waals surface area contributed by atoms with E-state index in [1.807, 2.05) is 58.8 Å². The van der Waals surface area contributed by atoms with Gasteiger partial charge in [-0.2, -0.15) is 0 Å². The second-order valence-corrected chi connectivity index (χ2v) is 8.58. The van der Waals surface area contributed by atoms with Crippen molar-refractivity contribution in [3.63, 3.8) is 0 Å². The summed E-state index contributed by atoms with van der Waals surface area (Å²) in [5.41, 5.74) is 1.66. The van der Waals surface area contributed by atoms with Gasteiger partial charge in [-0.3, -0.25) is 9.78 Å². The van der Waals surface area contributed by atoms with Crippen LogP contribution in [0.2, 0.25) is 0 Å². The van der Waals surface area contributed by atoms with Gasteiger partial charge in [-0.15, -0.1) is 11.3 Å². The average Bonchev–Trinajstić information content (AvgIpc) is 3.26. The molecule has 3 heterocycles. The molecule has 5 nitrogen and oxygen atoms in total. The molecule has 0 radical (unpaired) electrons. The first-order valence-electron chi connectivity index (χ1n) is 8.69. The minimum atomic E-state index is -0.122. The fourth-order valence-electron chi connectivity index (χ4n) is 3.24. The lowest BCUT2D eigenvalue weighted by Gasteiger charge is -2.26. The fraction of sp³-hybridized carbons (Fsp3) is 0.150. The zero-order valence-corrected chi connectivity index (χ0v) is 17.9.